The Balaban J connectivity index is 1.87. The Labute approximate surface area is 162 Å². The van der Waals surface area contributed by atoms with Gasteiger partial charge >= 0.3 is 0 Å². The lowest BCUT2D eigenvalue weighted by Crippen LogP contribution is -2.01. The number of anilines is 2. The second-order valence-corrected chi connectivity index (χ2v) is 5.96. The standard InChI is InChI=1S/C24H16N2O2/c25-21-12-8-17(10-14-23(21)27)4-6-19-2-1-3-20(16-19)7-5-18-9-13-22(26)24(28)15-11-18/h1-3,8-16H,(H2,25,27)(H2,26,28). The van der Waals surface area contributed by atoms with Gasteiger partial charge in [0.05, 0.1) is 11.4 Å². The van der Waals surface area contributed by atoms with Gasteiger partial charge in [0.15, 0.2) is 0 Å². The first-order valence-electron chi connectivity index (χ1n) is 8.45. The first-order chi connectivity index (χ1) is 13.5. The van der Waals surface area contributed by atoms with Gasteiger partial charge in [-0.3, -0.25) is 9.59 Å². The predicted octanol–water partition coefficient (Wildman–Crippen LogP) is 2.37. The van der Waals surface area contributed by atoms with Crippen molar-refractivity contribution in [2.45, 2.75) is 0 Å². The topological polar surface area (TPSA) is 86.2 Å². The van der Waals surface area contributed by atoms with Crippen molar-refractivity contribution < 1.29 is 0 Å². The molecule has 3 aromatic carbocycles. The third-order valence-corrected chi connectivity index (χ3v) is 3.85. The summed E-state index contributed by atoms with van der Waals surface area (Å²) in [4.78, 5) is 23.0. The Hall–Kier alpha value is -4.28. The highest BCUT2D eigenvalue weighted by Gasteiger charge is 1.93. The lowest BCUT2D eigenvalue weighted by Gasteiger charge is -1.92. The van der Waals surface area contributed by atoms with Crippen LogP contribution in [0.15, 0.2) is 82.4 Å². The largest absolute Gasteiger partial charge is 0.396 e. The fourth-order valence-electron chi connectivity index (χ4n) is 2.29. The molecule has 134 valence electrons. The van der Waals surface area contributed by atoms with E-state index < -0.39 is 0 Å². The highest BCUT2D eigenvalue weighted by molar-refractivity contribution is 5.50. The van der Waals surface area contributed by atoms with Crippen LogP contribution in [0.25, 0.3) is 0 Å². The molecule has 0 fully saturated rings. The Morgan fingerprint density at radius 3 is 1.36 bits per heavy atom. The fraction of sp³-hybridized carbons (Fsp3) is 0. The van der Waals surface area contributed by atoms with E-state index in [-0.39, 0.29) is 22.2 Å². The molecule has 0 radical (unpaired) electrons. The summed E-state index contributed by atoms with van der Waals surface area (Å²) in [5.41, 5.74) is 14.1. The minimum atomic E-state index is -0.231. The summed E-state index contributed by atoms with van der Waals surface area (Å²) < 4.78 is 0. The molecule has 0 aliphatic carbocycles. The maximum absolute atomic E-state index is 11.5. The molecule has 4 heteroatoms. The second-order valence-electron chi connectivity index (χ2n) is 5.96. The van der Waals surface area contributed by atoms with Crippen LogP contribution in [-0.2, 0) is 0 Å². The first kappa shape index (κ1) is 18.5. The molecule has 3 aromatic rings. The lowest BCUT2D eigenvalue weighted by molar-refractivity contribution is 1.59. The monoisotopic (exact) mass is 364 g/mol. The highest BCUT2D eigenvalue weighted by Crippen LogP contribution is 2.05. The van der Waals surface area contributed by atoms with Gasteiger partial charge in [-0.15, -0.1) is 0 Å². The summed E-state index contributed by atoms with van der Waals surface area (Å²) in [6.45, 7) is 0. The van der Waals surface area contributed by atoms with Gasteiger partial charge in [-0.25, -0.2) is 0 Å². The first-order valence-corrected chi connectivity index (χ1v) is 8.45. The zero-order valence-electron chi connectivity index (χ0n) is 14.9. The number of nitrogen functional groups attached to an aromatic ring is 2. The molecule has 4 N–H and O–H groups in total. The van der Waals surface area contributed by atoms with Crippen LogP contribution in [-0.4, -0.2) is 0 Å². The van der Waals surface area contributed by atoms with E-state index in [1.807, 2.05) is 24.3 Å². The van der Waals surface area contributed by atoms with E-state index in [0.29, 0.717) is 11.1 Å². The molecule has 0 unspecified atom stereocenters. The average molecular weight is 364 g/mol. The van der Waals surface area contributed by atoms with E-state index in [2.05, 4.69) is 23.7 Å². The predicted molar refractivity (Wildman–Crippen MR) is 113 cm³/mol. The lowest BCUT2D eigenvalue weighted by atomic mass is 10.1. The minimum Gasteiger partial charge on any atom is -0.396 e. The molecule has 28 heavy (non-hydrogen) atoms. The molecule has 0 heterocycles. The Morgan fingerprint density at radius 1 is 0.500 bits per heavy atom. The number of nitrogens with two attached hydrogens (primary N) is 2. The molecule has 0 spiro atoms. The van der Waals surface area contributed by atoms with Gasteiger partial charge < -0.3 is 11.5 Å². The van der Waals surface area contributed by atoms with Crippen molar-refractivity contribution in [3.63, 3.8) is 0 Å². The van der Waals surface area contributed by atoms with Gasteiger partial charge in [0.1, 0.15) is 0 Å². The Bertz CT molecular complexity index is 1190. The van der Waals surface area contributed by atoms with Crippen LogP contribution in [0.5, 0.6) is 0 Å². The van der Waals surface area contributed by atoms with Gasteiger partial charge in [0.2, 0.25) is 10.9 Å². The molecular formula is C24H16N2O2. The number of hydrogen-bond acceptors (Lipinski definition) is 4. The van der Waals surface area contributed by atoms with Crippen LogP contribution in [0.4, 0.5) is 11.4 Å². The molecule has 0 aliphatic heterocycles. The van der Waals surface area contributed by atoms with Gasteiger partial charge in [-0.05, 0) is 66.7 Å². The van der Waals surface area contributed by atoms with E-state index in [4.69, 9.17) is 11.5 Å². The molecule has 0 amide bonds. The van der Waals surface area contributed by atoms with Gasteiger partial charge in [-0.1, -0.05) is 29.7 Å². The maximum Gasteiger partial charge on any atom is 0.201 e. The zero-order valence-corrected chi connectivity index (χ0v) is 14.9. The Kier molecular flexibility index (Phi) is 5.55. The van der Waals surface area contributed by atoms with Crippen LogP contribution >= 0.6 is 0 Å². The molecule has 0 saturated heterocycles. The molecule has 0 aliphatic rings. The van der Waals surface area contributed by atoms with Crippen LogP contribution in [0, 0.1) is 23.7 Å². The van der Waals surface area contributed by atoms with E-state index in [1.54, 1.807) is 36.4 Å². The summed E-state index contributed by atoms with van der Waals surface area (Å²) in [6, 6.07) is 20.1. The molecule has 3 rings (SSSR count). The second kappa shape index (κ2) is 8.40. The van der Waals surface area contributed by atoms with Crippen LogP contribution in [0.1, 0.15) is 22.3 Å². The van der Waals surface area contributed by atoms with Gasteiger partial charge in [-0.2, -0.15) is 0 Å². The summed E-state index contributed by atoms with van der Waals surface area (Å²) in [5.74, 6) is 12.1. The van der Waals surface area contributed by atoms with Crippen molar-refractivity contribution in [3.8, 4) is 23.7 Å². The maximum atomic E-state index is 11.5. The SMILES string of the molecule is Nc1ccc(C#Cc2cccc(C#Cc3ccc(N)c(=O)cc3)c2)ccc1=O. The summed E-state index contributed by atoms with van der Waals surface area (Å²) in [5, 5.41) is 0. The third-order valence-electron chi connectivity index (χ3n) is 3.85. The summed E-state index contributed by atoms with van der Waals surface area (Å²) in [6.07, 6.45) is 0. The van der Waals surface area contributed by atoms with Crippen molar-refractivity contribution in [2.75, 3.05) is 11.5 Å². The summed E-state index contributed by atoms with van der Waals surface area (Å²) >= 11 is 0. The molecule has 0 bridgehead atoms. The minimum absolute atomic E-state index is 0.186. The molecule has 0 saturated carbocycles. The zero-order chi connectivity index (χ0) is 19.9. The van der Waals surface area contributed by atoms with Crippen molar-refractivity contribution in [3.05, 3.63) is 115 Å². The van der Waals surface area contributed by atoms with Crippen LogP contribution in [0.3, 0.4) is 0 Å². The molecule has 0 aromatic heterocycles. The molecule has 0 atom stereocenters. The van der Waals surface area contributed by atoms with Crippen molar-refractivity contribution in [1.29, 1.82) is 0 Å². The van der Waals surface area contributed by atoms with E-state index in [0.717, 1.165) is 11.1 Å². The van der Waals surface area contributed by atoms with Crippen molar-refractivity contribution in [2.24, 2.45) is 0 Å². The van der Waals surface area contributed by atoms with Gasteiger partial charge in [0, 0.05) is 22.3 Å². The van der Waals surface area contributed by atoms with E-state index in [1.165, 1.54) is 12.1 Å². The Morgan fingerprint density at radius 2 is 0.893 bits per heavy atom. The number of rotatable bonds is 0. The van der Waals surface area contributed by atoms with Crippen molar-refractivity contribution >= 4 is 11.4 Å². The normalized spacial score (nSPS) is 9.43. The van der Waals surface area contributed by atoms with E-state index >= 15 is 0 Å². The number of benzene rings is 1. The third kappa shape index (κ3) is 4.88. The molecular weight excluding hydrogens is 348 g/mol. The highest BCUT2D eigenvalue weighted by atomic mass is 16.1. The van der Waals surface area contributed by atoms with Gasteiger partial charge in [0.25, 0.3) is 0 Å². The van der Waals surface area contributed by atoms with Crippen LogP contribution < -0.4 is 22.3 Å². The fourth-order valence-corrected chi connectivity index (χ4v) is 2.29. The molecule has 4 nitrogen and oxygen atoms in total. The van der Waals surface area contributed by atoms with Crippen LogP contribution in [0.2, 0.25) is 0 Å². The number of hydrogen-bond donors (Lipinski definition) is 2. The van der Waals surface area contributed by atoms with E-state index in [9.17, 15) is 9.59 Å². The smallest absolute Gasteiger partial charge is 0.201 e. The van der Waals surface area contributed by atoms with Crippen molar-refractivity contribution in [1.82, 2.24) is 0 Å². The summed E-state index contributed by atoms with van der Waals surface area (Å²) in [7, 11) is 0. The average Bonchev–Trinajstić information content (AvgIpc) is 2.96. The quantitative estimate of drug-likeness (QED) is 0.600.